The number of amides is 1. The molecule has 1 unspecified atom stereocenters. The number of rotatable bonds is 4. The molecule has 1 aromatic rings. The molecule has 1 aromatic carbocycles. The molecule has 3 N–H and O–H groups in total. The van der Waals surface area contributed by atoms with Crippen molar-refractivity contribution in [2.45, 2.75) is 32.4 Å². The highest BCUT2D eigenvalue weighted by Crippen LogP contribution is 2.16. The lowest BCUT2D eigenvalue weighted by molar-refractivity contribution is -0.122. The van der Waals surface area contributed by atoms with E-state index in [1.807, 2.05) is 38.1 Å². The molecule has 0 saturated heterocycles. The fourth-order valence-electron chi connectivity index (χ4n) is 1.43. The van der Waals surface area contributed by atoms with Crippen molar-refractivity contribution in [2.24, 2.45) is 5.73 Å². The lowest BCUT2D eigenvalue weighted by Gasteiger charge is -2.15. The van der Waals surface area contributed by atoms with Gasteiger partial charge in [0.1, 0.15) is 0 Å². The Bertz CT molecular complexity index is 349. The second kappa shape index (κ2) is 6.01. The third-order valence-corrected chi connectivity index (χ3v) is 2.78. The van der Waals surface area contributed by atoms with E-state index in [0.29, 0.717) is 6.42 Å². The van der Waals surface area contributed by atoms with Crippen molar-refractivity contribution in [1.82, 2.24) is 5.32 Å². The van der Waals surface area contributed by atoms with E-state index in [1.54, 1.807) is 0 Å². The van der Waals surface area contributed by atoms with Crippen molar-refractivity contribution in [3.63, 3.8) is 0 Å². The number of carbonyl (C=O) groups is 1. The van der Waals surface area contributed by atoms with Crippen LogP contribution in [0.4, 0.5) is 0 Å². The van der Waals surface area contributed by atoms with Gasteiger partial charge in [0.25, 0.3) is 0 Å². The van der Waals surface area contributed by atoms with Crippen molar-refractivity contribution in [1.29, 1.82) is 0 Å². The molecule has 0 spiro atoms. The summed E-state index contributed by atoms with van der Waals surface area (Å²) < 4.78 is 1.03. The van der Waals surface area contributed by atoms with Gasteiger partial charge in [-0.25, -0.2) is 0 Å². The van der Waals surface area contributed by atoms with Gasteiger partial charge in [0.2, 0.25) is 5.91 Å². The molecule has 3 nitrogen and oxygen atoms in total. The van der Waals surface area contributed by atoms with Crippen molar-refractivity contribution >= 4 is 21.8 Å². The first-order chi connectivity index (χ1) is 7.49. The summed E-state index contributed by atoms with van der Waals surface area (Å²) in [6, 6.07) is 7.81. The number of benzene rings is 1. The fourth-order valence-corrected chi connectivity index (χ4v) is 1.69. The molecule has 2 atom stereocenters. The SMILES string of the molecule is CC(N)CC(=O)N[C@@H](C)c1ccc(Br)cc1. The first kappa shape index (κ1) is 13.2. The molecule has 88 valence electrons. The van der Waals surface area contributed by atoms with Gasteiger partial charge in [-0.2, -0.15) is 0 Å². The maximum absolute atomic E-state index is 11.5. The number of nitrogens with two attached hydrogens (primary N) is 1. The van der Waals surface area contributed by atoms with Crippen LogP contribution in [-0.4, -0.2) is 11.9 Å². The van der Waals surface area contributed by atoms with Crippen LogP contribution in [0, 0.1) is 0 Å². The molecule has 0 radical (unpaired) electrons. The molecule has 0 saturated carbocycles. The van der Waals surface area contributed by atoms with Gasteiger partial charge in [0.05, 0.1) is 6.04 Å². The van der Waals surface area contributed by atoms with E-state index in [4.69, 9.17) is 5.73 Å². The largest absolute Gasteiger partial charge is 0.350 e. The van der Waals surface area contributed by atoms with Gasteiger partial charge >= 0.3 is 0 Å². The molecular formula is C12H17BrN2O. The van der Waals surface area contributed by atoms with Gasteiger partial charge in [-0.1, -0.05) is 28.1 Å². The Morgan fingerprint density at radius 1 is 1.38 bits per heavy atom. The Morgan fingerprint density at radius 2 is 1.94 bits per heavy atom. The molecule has 0 bridgehead atoms. The van der Waals surface area contributed by atoms with Crippen LogP contribution < -0.4 is 11.1 Å². The number of hydrogen-bond donors (Lipinski definition) is 2. The van der Waals surface area contributed by atoms with Crippen LogP contribution in [0.5, 0.6) is 0 Å². The zero-order valence-electron chi connectivity index (χ0n) is 9.53. The summed E-state index contributed by atoms with van der Waals surface area (Å²) in [6.45, 7) is 3.78. The van der Waals surface area contributed by atoms with Gasteiger partial charge in [-0.05, 0) is 31.5 Å². The minimum Gasteiger partial charge on any atom is -0.350 e. The Labute approximate surface area is 105 Å². The second-order valence-corrected chi connectivity index (χ2v) is 4.94. The van der Waals surface area contributed by atoms with Crippen LogP contribution in [0.3, 0.4) is 0 Å². The lowest BCUT2D eigenvalue weighted by atomic mass is 10.1. The molecule has 1 amide bonds. The standard InChI is InChI=1S/C12H17BrN2O/c1-8(14)7-12(16)15-9(2)10-3-5-11(13)6-4-10/h3-6,8-9H,7,14H2,1-2H3,(H,15,16)/t8?,9-/m0/s1. The van der Waals surface area contributed by atoms with Gasteiger partial charge in [-0.3, -0.25) is 4.79 Å². The second-order valence-electron chi connectivity index (χ2n) is 4.02. The van der Waals surface area contributed by atoms with Crippen LogP contribution >= 0.6 is 15.9 Å². The summed E-state index contributed by atoms with van der Waals surface area (Å²) in [5, 5.41) is 2.91. The van der Waals surface area contributed by atoms with E-state index in [1.165, 1.54) is 0 Å². The van der Waals surface area contributed by atoms with Gasteiger partial charge in [0, 0.05) is 16.9 Å². The van der Waals surface area contributed by atoms with E-state index in [2.05, 4.69) is 21.2 Å². The molecular weight excluding hydrogens is 268 g/mol. The van der Waals surface area contributed by atoms with Crippen LogP contribution in [0.25, 0.3) is 0 Å². The Morgan fingerprint density at radius 3 is 2.44 bits per heavy atom. The number of carbonyl (C=O) groups excluding carboxylic acids is 1. The molecule has 0 heterocycles. The predicted molar refractivity (Wildman–Crippen MR) is 69.0 cm³/mol. The van der Waals surface area contributed by atoms with E-state index >= 15 is 0 Å². The van der Waals surface area contributed by atoms with Crippen molar-refractivity contribution in [2.75, 3.05) is 0 Å². The van der Waals surface area contributed by atoms with Crippen LogP contribution in [0.2, 0.25) is 0 Å². The predicted octanol–water partition coefficient (Wildman–Crippen LogP) is 2.36. The molecule has 0 fully saturated rings. The summed E-state index contributed by atoms with van der Waals surface area (Å²) in [4.78, 5) is 11.5. The maximum atomic E-state index is 11.5. The zero-order valence-corrected chi connectivity index (χ0v) is 11.1. The van der Waals surface area contributed by atoms with Gasteiger partial charge in [-0.15, -0.1) is 0 Å². The smallest absolute Gasteiger partial charge is 0.222 e. The van der Waals surface area contributed by atoms with E-state index in [0.717, 1.165) is 10.0 Å². The van der Waals surface area contributed by atoms with Crippen LogP contribution in [0.15, 0.2) is 28.7 Å². The minimum atomic E-state index is -0.0999. The van der Waals surface area contributed by atoms with Crippen molar-refractivity contribution in [3.8, 4) is 0 Å². The van der Waals surface area contributed by atoms with Gasteiger partial charge in [0.15, 0.2) is 0 Å². The van der Waals surface area contributed by atoms with Crippen molar-refractivity contribution in [3.05, 3.63) is 34.3 Å². The first-order valence-corrected chi connectivity index (χ1v) is 6.08. The highest BCUT2D eigenvalue weighted by atomic mass is 79.9. The summed E-state index contributed by atoms with van der Waals surface area (Å²) in [6.07, 6.45) is 0.362. The molecule has 0 aromatic heterocycles. The summed E-state index contributed by atoms with van der Waals surface area (Å²) in [5.74, 6) is -0.00887. The normalized spacial score (nSPS) is 14.2. The number of halogens is 1. The zero-order chi connectivity index (χ0) is 12.1. The average molecular weight is 285 g/mol. The highest BCUT2D eigenvalue weighted by Gasteiger charge is 2.10. The average Bonchev–Trinajstić information content (AvgIpc) is 2.16. The minimum absolute atomic E-state index is 0.00887. The van der Waals surface area contributed by atoms with E-state index < -0.39 is 0 Å². The molecule has 0 aliphatic rings. The number of hydrogen-bond acceptors (Lipinski definition) is 2. The molecule has 0 aliphatic carbocycles. The topological polar surface area (TPSA) is 55.1 Å². The van der Waals surface area contributed by atoms with E-state index in [9.17, 15) is 4.79 Å². The molecule has 16 heavy (non-hydrogen) atoms. The third-order valence-electron chi connectivity index (χ3n) is 2.25. The quantitative estimate of drug-likeness (QED) is 0.892. The third kappa shape index (κ3) is 4.33. The Kier molecular flexibility index (Phi) is 4.96. The maximum Gasteiger partial charge on any atom is 0.222 e. The Balaban J connectivity index is 2.55. The molecule has 0 aliphatic heterocycles. The first-order valence-electron chi connectivity index (χ1n) is 5.29. The highest BCUT2D eigenvalue weighted by molar-refractivity contribution is 9.10. The van der Waals surface area contributed by atoms with E-state index in [-0.39, 0.29) is 18.0 Å². The fraction of sp³-hybridized carbons (Fsp3) is 0.417. The monoisotopic (exact) mass is 284 g/mol. The van der Waals surface area contributed by atoms with Gasteiger partial charge < -0.3 is 11.1 Å². The lowest BCUT2D eigenvalue weighted by Crippen LogP contribution is -2.31. The van der Waals surface area contributed by atoms with Crippen LogP contribution in [0.1, 0.15) is 31.9 Å². The molecule has 4 heteroatoms. The van der Waals surface area contributed by atoms with Crippen molar-refractivity contribution < 1.29 is 4.79 Å². The summed E-state index contributed by atoms with van der Waals surface area (Å²) in [5.41, 5.74) is 6.65. The summed E-state index contributed by atoms with van der Waals surface area (Å²) >= 11 is 3.37. The number of nitrogens with one attached hydrogen (secondary N) is 1. The molecule has 1 rings (SSSR count). The van der Waals surface area contributed by atoms with Crippen LogP contribution in [-0.2, 0) is 4.79 Å². The summed E-state index contributed by atoms with van der Waals surface area (Å²) in [7, 11) is 0. The Hall–Kier alpha value is -0.870.